The molecule has 1 saturated heterocycles. The van der Waals surface area contributed by atoms with Crippen molar-refractivity contribution in [2.45, 2.75) is 27.3 Å². The van der Waals surface area contributed by atoms with Gasteiger partial charge in [0.25, 0.3) is 0 Å². The van der Waals surface area contributed by atoms with Crippen LogP contribution in [0.25, 0.3) is 11.0 Å². The third kappa shape index (κ3) is 3.15. The van der Waals surface area contributed by atoms with Crippen molar-refractivity contribution in [3.05, 3.63) is 45.3 Å². The van der Waals surface area contributed by atoms with Gasteiger partial charge >= 0.3 is 5.63 Å². The fraction of sp³-hybridized carbons (Fsp3) is 0.444. The van der Waals surface area contributed by atoms with E-state index in [1.165, 1.54) is 4.90 Å². The van der Waals surface area contributed by atoms with Crippen molar-refractivity contribution >= 4 is 16.9 Å². The van der Waals surface area contributed by atoms with Gasteiger partial charge in [-0.3, -0.25) is 4.79 Å². The molecule has 0 atom stereocenters. The van der Waals surface area contributed by atoms with Crippen LogP contribution in [0.15, 0.2) is 27.4 Å². The van der Waals surface area contributed by atoms with Crippen LogP contribution in [-0.4, -0.2) is 37.0 Å². The summed E-state index contributed by atoms with van der Waals surface area (Å²) >= 11 is 0. The molecule has 122 valence electrons. The number of fused-ring (bicyclic) bond motifs is 1. The van der Waals surface area contributed by atoms with E-state index in [1.54, 1.807) is 13.0 Å². The van der Waals surface area contributed by atoms with E-state index in [2.05, 4.69) is 6.07 Å². The number of carbonyl (C=O) groups excluding carboxylic acids is 1. The summed E-state index contributed by atoms with van der Waals surface area (Å²) in [7, 11) is 0. The normalized spacial score (nSPS) is 16.0. The van der Waals surface area contributed by atoms with Crippen molar-refractivity contribution in [3.63, 3.8) is 0 Å². The van der Waals surface area contributed by atoms with Gasteiger partial charge in [0.05, 0.1) is 26.2 Å². The van der Waals surface area contributed by atoms with Crippen LogP contribution in [-0.2, 0) is 11.3 Å². The molecule has 1 aromatic heterocycles. The highest BCUT2D eigenvalue weighted by atomic mass is 16.4. The molecule has 3 rings (SSSR count). The minimum atomic E-state index is -0.289. The molecule has 0 spiro atoms. The predicted octanol–water partition coefficient (Wildman–Crippen LogP) is 0.657. The molecule has 1 amide bonds. The molecule has 5 heteroatoms. The van der Waals surface area contributed by atoms with Gasteiger partial charge in [0.15, 0.2) is 0 Å². The third-order valence-electron chi connectivity index (χ3n) is 4.87. The number of rotatable bonds is 2. The molecule has 1 N–H and O–H groups in total. The Bertz CT molecular complexity index is 802. The molecule has 0 bridgehead atoms. The molecular formula is C18H23N2O3+. The van der Waals surface area contributed by atoms with E-state index in [4.69, 9.17) is 4.42 Å². The van der Waals surface area contributed by atoms with E-state index in [0.29, 0.717) is 5.58 Å². The quantitative estimate of drug-likeness (QED) is 0.828. The number of hydrogen-bond acceptors (Lipinski definition) is 3. The summed E-state index contributed by atoms with van der Waals surface area (Å²) in [6.07, 6.45) is 0. The van der Waals surface area contributed by atoms with Crippen LogP contribution in [0.3, 0.4) is 0 Å². The molecule has 0 saturated carbocycles. The van der Waals surface area contributed by atoms with Gasteiger partial charge < -0.3 is 14.2 Å². The van der Waals surface area contributed by atoms with Gasteiger partial charge in [-0.2, -0.15) is 0 Å². The third-order valence-corrected chi connectivity index (χ3v) is 4.87. The summed E-state index contributed by atoms with van der Waals surface area (Å²) in [4.78, 5) is 26.6. The fourth-order valence-corrected chi connectivity index (χ4v) is 3.25. The lowest BCUT2D eigenvalue weighted by Crippen LogP contribution is -3.13. The molecule has 0 unspecified atom stereocenters. The van der Waals surface area contributed by atoms with Gasteiger partial charge in [-0.15, -0.1) is 0 Å². The van der Waals surface area contributed by atoms with Crippen LogP contribution in [0.1, 0.15) is 23.6 Å². The van der Waals surface area contributed by atoms with Gasteiger partial charge in [0, 0.05) is 23.9 Å². The lowest BCUT2D eigenvalue weighted by atomic mass is 10.0. The van der Waals surface area contributed by atoms with Gasteiger partial charge in [-0.25, -0.2) is 4.79 Å². The Labute approximate surface area is 135 Å². The molecule has 0 aliphatic carbocycles. The number of amides is 1. The maximum atomic E-state index is 11.9. The molecular weight excluding hydrogens is 292 g/mol. The van der Waals surface area contributed by atoms with Crippen LogP contribution >= 0.6 is 0 Å². The molecule has 1 aliphatic heterocycles. The summed E-state index contributed by atoms with van der Waals surface area (Å²) < 4.78 is 5.43. The summed E-state index contributed by atoms with van der Waals surface area (Å²) in [5.74, 6) is 0.140. The molecule has 1 fully saturated rings. The maximum absolute atomic E-state index is 11.9. The predicted molar refractivity (Wildman–Crippen MR) is 88.6 cm³/mol. The maximum Gasteiger partial charge on any atom is 0.336 e. The average Bonchev–Trinajstić information content (AvgIpc) is 2.52. The second kappa shape index (κ2) is 6.16. The summed E-state index contributed by atoms with van der Waals surface area (Å²) in [5.41, 5.74) is 3.60. The minimum Gasteiger partial charge on any atom is -0.422 e. The topological polar surface area (TPSA) is 55.0 Å². The van der Waals surface area contributed by atoms with E-state index < -0.39 is 0 Å². The smallest absolute Gasteiger partial charge is 0.336 e. The Morgan fingerprint density at radius 1 is 1.26 bits per heavy atom. The van der Waals surface area contributed by atoms with Crippen LogP contribution < -0.4 is 10.5 Å². The molecule has 0 radical (unpaired) electrons. The molecule has 2 aromatic rings. The number of carbonyl (C=O) groups is 1. The first-order valence-electron chi connectivity index (χ1n) is 8.07. The van der Waals surface area contributed by atoms with E-state index in [1.807, 2.05) is 24.8 Å². The van der Waals surface area contributed by atoms with E-state index in [9.17, 15) is 9.59 Å². The van der Waals surface area contributed by atoms with Crippen LogP contribution in [0.5, 0.6) is 0 Å². The largest absolute Gasteiger partial charge is 0.422 e. The lowest BCUT2D eigenvalue weighted by Gasteiger charge is -2.31. The molecule has 2 heterocycles. The first-order valence-corrected chi connectivity index (χ1v) is 8.07. The van der Waals surface area contributed by atoms with E-state index >= 15 is 0 Å². The summed E-state index contributed by atoms with van der Waals surface area (Å²) in [6.45, 7) is 9.79. The highest BCUT2D eigenvalue weighted by molar-refractivity contribution is 5.83. The minimum absolute atomic E-state index is 0.140. The van der Waals surface area contributed by atoms with Crippen molar-refractivity contribution in [1.82, 2.24) is 4.90 Å². The van der Waals surface area contributed by atoms with Crippen molar-refractivity contribution < 1.29 is 14.1 Å². The number of benzene rings is 1. The Morgan fingerprint density at radius 3 is 2.61 bits per heavy atom. The van der Waals surface area contributed by atoms with Crippen molar-refractivity contribution in [2.75, 3.05) is 26.2 Å². The van der Waals surface area contributed by atoms with Gasteiger partial charge in [-0.05, 0) is 25.0 Å². The number of hydrogen-bond donors (Lipinski definition) is 1. The van der Waals surface area contributed by atoms with Crippen LogP contribution in [0.4, 0.5) is 0 Å². The SMILES string of the molecule is CC(=O)N1CC[NH+](Cc2cc(=O)oc3c(C)c(C)ccc23)CC1. The molecule has 1 aromatic carbocycles. The number of quaternary nitrogens is 1. The zero-order valence-electron chi connectivity index (χ0n) is 13.9. The van der Waals surface area contributed by atoms with Crippen molar-refractivity contribution in [1.29, 1.82) is 0 Å². The van der Waals surface area contributed by atoms with Crippen molar-refractivity contribution in [2.24, 2.45) is 0 Å². The Hall–Kier alpha value is -2.14. The van der Waals surface area contributed by atoms with Gasteiger partial charge in [0.2, 0.25) is 5.91 Å². The Balaban J connectivity index is 1.88. The standard InChI is InChI=1S/C18H22N2O3/c1-12-4-5-16-15(10-17(22)23-18(16)13(12)2)11-19-6-8-20(9-7-19)14(3)21/h4-5,10H,6-9,11H2,1-3H3/p+1. The van der Waals surface area contributed by atoms with E-state index in [-0.39, 0.29) is 11.5 Å². The Kier molecular flexibility index (Phi) is 4.22. The molecule has 5 nitrogen and oxygen atoms in total. The zero-order chi connectivity index (χ0) is 16.6. The molecule has 1 aliphatic rings. The van der Waals surface area contributed by atoms with Gasteiger partial charge in [-0.1, -0.05) is 12.1 Å². The monoisotopic (exact) mass is 315 g/mol. The number of nitrogens with one attached hydrogen (secondary N) is 1. The zero-order valence-corrected chi connectivity index (χ0v) is 13.9. The number of piperazine rings is 1. The summed E-state index contributed by atoms with van der Waals surface area (Å²) in [5, 5.41) is 1.02. The molecule has 23 heavy (non-hydrogen) atoms. The number of nitrogens with zero attached hydrogens (tertiary/aromatic N) is 1. The fourth-order valence-electron chi connectivity index (χ4n) is 3.25. The Morgan fingerprint density at radius 2 is 1.96 bits per heavy atom. The van der Waals surface area contributed by atoms with Crippen LogP contribution in [0, 0.1) is 13.8 Å². The van der Waals surface area contributed by atoms with Crippen molar-refractivity contribution in [3.8, 4) is 0 Å². The highest BCUT2D eigenvalue weighted by Crippen LogP contribution is 2.22. The average molecular weight is 315 g/mol. The lowest BCUT2D eigenvalue weighted by molar-refractivity contribution is -0.917. The number of aryl methyl sites for hydroxylation is 2. The highest BCUT2D eigenvalue weighted by Gasteiger charge is 2.22. The summed E-state index contributed by atoms with van der Waals surface area (Å²) in [6, 6.07) is 5.73. The van der Waals surface area contributed by atoms with Crippen LogP contribution in [0.2, 0.25) is 0 Å². The second-order valence-electron chi connectivity index (χ2n) is 6.41. The first-order chi connectivity index (χ1) is 11.0. The van der Waals surface area contributed by atoms with E-state index in [0.717, 1.165) is 54.8 Å². The first kappa shape index (κ1) is 15.7. The van der Waals surface area contributed by atoms with Gasteiger partial charge in [0.1, 0.15) is 12.1 Å². The second-order valence-corrected chi connectivity index (χ2v) is 6.41.